The summed E-state index contributed by atoms with van der Waals surface area (Å²) in [7, 11) is 0. The van der Waals surface area contributed by atoms with Crippen molar-refractivity contribution in [1.82, 2.24) is 4.90 Å². The van der Waals surface area contributed by atoms with Gasteiger partial charge in [-0.15, -0.1) is 0 Å². The molecule has 5 heteroatoms. The molecule has 0 aromatic carbocycles. The number of ether oxygens (including phenoxy) is 3. The molecule has 0 atom stereocenters. The molecule has 19 heavy (non-hydrogen) atoms. The van der Waals surface area contributed by atoms with Crippen LogP contribution in [0.5, 0.6) is 0 Å². The largest absolute Gasteiger partial charge is 0.457 e. The molecule has 0 bridgehead atoms. The third-order valence-corrected chi connectivity index (χ3v) is 3.81. The highest BCUT2D eigenvalue weighted by Crippen LogP contribution is 2.28. The minimum atomic E-state index is -0.364. The third-order valence-electron chi connectivity index (χ3n) is 3.81. The van der Waals surface area contributed by atoms with Gasteiger partial charge in [0, 0.05) is 32.5 Å². The average molecular weight is 271 g/mol. The lowest BCUT2D eigenvalue weighted by Gasteiger charge is -2.41. The lowest BCUT2D eigenvalue weighted by Crippen LogP contribution is -2.52. The van der Waals surface area contributed by atoms with Crippen LogP contribution in [0.3, 0.4) is 0 Å². The Bertz CT molecular complexity index is 294. The Balaban J connectivity index is 1.98. The van der Waals surface area contributed by atoms with Crippen molar-refractivity contribution in [3.05, 3.63) is 0 Å². The summed E-state index contributed by atoms with van der Waals surface area (Å²) in [6, 6.07) is 0. The van der Waals surface area contributed by atoms with Crippen LogP contribution in [0.15, 0.2) is 0 Å². The summed E-state index contributed by atoms with van der Waals surface area (Å²) in [5.41, 5.74) is -0.364. The van der Waals surface area contributed by atoms with Crippen LogP contribution in [0, 0.1) is 5.92 Å². The first-order valence-electron chi connectivity index (χ1n) is 7.22. The first-order chi connectivity index (χ1) is 9.11. The van der Waals surface area contributed by atoms with Crippen molar-refractivity contribution in [2.45, 2.75) is 32.3 Å². The average Bonchev–Trinajstić information content (AvgIpc) is 2.40. The molecule has 5 nitrogen and oxygen atoms in total. The molecule has 2 aliphatic heterocycles. The highest BCUT2D eigenvalue weighted by Gasteiger charge is 2.39. The molecule has 0 radical (unpaired) electrons. The van der Waals surface area contributed by atoms with Crippen molar-refractivity contribution in [2.75, 3.05) is 46.1 Å². The van der Waals surface area contributed by atoms with Crippen molar-refractivity contribution in [1.29, 1.82) is 0 Å². The highest BCUT2D eigenvalue weighted by atomic mass is 16.6. The fourth-order valence-corrected chi connectivity index (χ4v) is 2.53. The van der Waals surface area contributed by atoms with E-state index in [2.05, 4.69) is 4.90 Å². The molecule has 0 N–H and O–H groups in total. The van der Waals surface area contributed by atoms with E-state index in [4.69, 9.17) is 14.2 Å². The summed E-state index contributed by atoms with van der Waals surface area (Å²) >= 11 is 0. The maximum Gasteiger partial charge on any atom is 0.308 e. The number of esters is 1. The van der Waals surface area contributed by atoms with Crippen LogP contribution in [-0.4, -0.2) is 62.5 Å². The van der Waals surface area contributed by atoms with Crippen molar-refractivity contribution >= 4 is 5.97 Å². The van der Waals surface area contributed by atoms with Gasteiger partial charge in [-0.25, -0.2) is 0 Å². The van der Waals surface area contributed by atoms with Gasteiger partial charge in [0.15, 0.2) is 0 Å². The molecule has 2 saturated heterocycles. The number of carbonyl (C=O) groups is 1. The smallest absolute Gasteiger partial charge is 0.308 e. The topological polar surface area (TPSA) is 48.0 Å². The van der Waals surface area contributed by atoms with Crippen LogP contribution in [0.1, 0.15) is 26.7 Å². The molecular formula is C14H25NO4. The Morgan fingerprint density at radius 3 is 2.32 bits per heavy atom. The van der Waals surface area contributed by atoms with Crippen molar-refractivity contribution in [2.24, 2.45) is 5.92 Å². The van der Waals surface area contributed by atoms with Gasteiger partial charge in [0.25, 0.3) is 0 Å². The number of nitrogens with zero attached hydrogens (tertiary/aromatic N) is 1. The number of hydrogen-bond donors (Lipinski definition) is 0. The third kappa shape index (κ3) is 4.16. The van der Waals surface area contributed by atoms with Crippen molar-refractivity contribution in [3.8, 4) is 0 Å². The van der Waals surface area contributed by atoms with E-state index in [9.17, 15) is 4.79 Å². The second-order valence-electron chi connectivity index (χ2n) is 5.76. The van der Waals surface area contributed by atoms with Crippen LogP contribution in [-0.2, 0) is 19.0 Å². The maximum atomic E-state index is 12.0. The predicted octanol–water partition coefficient (Wildman–Crippen LogP) is 1.07. The maximum absolute atomic E-state index is 12.0. The lowest BCUT2D eigenvalue weighted by molar-refractivity contribution is -0.177. The number of morpholine rings is 1. The van der Waals surface area contributed by atoms with Gasteiger partial charge >= 0.3 is 5.97 Å². The van der Waals surface area contributed by atoms with Crippen LogP contribution >= 0.6 is 0 Å². The summed E-state index contributed by atoms with van der Waals surface area (Å²) in [5.74, 6) is -0.181. The second kappa shape index (κ2) is 6.68. The van der Waals surface area contributed by atoms with Crippen LogP contribution in [0.4, 0.5) is 0 Å². The van der Waals surface area contributed by atoms with Crippen molar-refractivity contribution in [3.63, 3.8) is 0 Å². The van der Waals surface area contributed by atoms with E-state index >= 15 is 0 Å². The van der Waals surface area contributed by atoms with Gasteiger partial charge in [-0.05, 0) is 0 Å². The normalized spacial score (nSPS) is 24.4. The molecule has 0 aromatic heterocycles. The Morgan fingerprint density at radius 1 is 1.16 bits per heavy atom. The summed E-state index contributed by atoms with van der Waals surface area (Å²) in [6.07, 6.45) is 1.59. The van der Waals surface area contributed by atoms with E-state index in [1.807, 2.05) is 13.8 Å². The SMILES string of the molecule is CC(C)C(=O)OC1(CN2CCOCC2)CCOCC1. The molecular weight excluding hydrogens is 246 g/mol. The van der Waals surface area contributed by atoms with Crippen LogP contribution < -0.4 is 0 Å². The minimum Gasteiger partial charge on any atom is -0.457 e. The molecule has 110 valence electrons. The quantitative estimate of drug-likeness (QED) is 0.716. The monoisotopic (exact) mass is 271 g/mol. The van der Waals surface area contributed by atoms with Crippen LogP contribution in [0.25, 0.3) is 0 Å². The first-order valence-corrected chi connectivity index (χ1v) is 7.22. The van der Waals surface area contributed by atoms with Gasteiger partial charge in [-0.1, -0.05) is 13.8 Å². The van der Waals surface area contributed by atoms with Gasteiger partial charge in [0.1, 0.15) is 5.60 Å². The molecule has 0 spiro atoms. The summed E-state index contributed by atoms with van der Waals surface area (Å²) in [4.78, 5) is 14.3. The number of hydrogen-bond acceptors (Lipinski definition) is 5. The predicted molar refractivity (Wildman–Crippen MR) is 71.0 cm³/mol. The molecule has 0 saturated carbocycles. The van der Waals surface area contributed by atoms with E-state index in [0.29, 0.717) is 13.2 Å². The molecule has 2 aliphatic rings. The highest BCUT2D eigenvalue weighted by molar-refractivity contribution is 5.72. The van der Waals surface area contributed by atoms with Crippen molar-refractivity contribution < 1.29 is 19.0 Å². The van der Waals surface area contributed by atoms with E-state index in [-0.39, 0.29) is 17.5 Å². The molecule has 2 fully saturated rings. The minimum absolute atomic E-state index is 0.0793. The number of carbonyl (C=O) groups excluding carboxylic acids is 1. The Hall–Kier alpha value is -0.650. The molecule has 0 unspecified atom stereocenters. The molecule has 2 rings (SSSR count). The number of rotatable bonds is 4. The fraction of sp³-hybridized carbons (Fsp3) is 0.929. The van der Waals surface area contributed by atoms with E-state index < -0.39 is 0 Å². The van der Waals surface area contributed by atoms with Gasteiger partial charge in [-0.2, -0.15) is 0 Å². The zero-order chi connectivity index (χ0) is 13.7. The lowest BCUT2D eigenvalue weighted by atomic mass is 9.92. The zero-order valence-corrected chi connectivity index (χ0v) is 12.0. The summed E-state index contributed by atoms with van der Waals surface area (Å²) < 4.78 is 16.6. The summed E-state index contributed by atoms with van der Waals surface area (Å²) in [5, 5.41) is 0. The van der Waals surface area contributed by atoms with Gasteiger partial charge in [-0.3, -0.25) is 9.69 Å². The Kier molecular flexibility index (Phi) is 5.19. The van der Waals surface area contributed by atoms with E-state index in [1.54, 1.807) is 0 Å². The molecule has 0 aliphatic carbocycles. The van der Waals surface area contributed by atoms with Gasteiger partial charge in [0.2, 0.25) is 0 Å². The molecule has 0 amide bonds. The molecule has 2 heterocycles. The van der Waals surface area contributed by atoms with E-state index in [1.165, 1.54) is 0 Å². The van der Waals surface area contributed by atoms with Gasteiger partial charge in [0.05, 0.1) is 32.3 Å². The van der Waals surface area contributed by atoms with Crippen LogP contribution in [0.2, 0.25) is 0 Å². The standard InChI is InChI=1S/C14H25NO4/c1-12(2)13(16)19-14(3-7-17-8-4-14)11-15-5-9-18-10-6-15/h12H,3-11H2,1-2H3. The fourth-order valence-electron chi connectivity index (χ4n) is 2.53. The van der Waals surface area contributed by atoms with Gasteiger partial charge < -0.3 is 14.2 Å². The Labute approximate surface area is 115 Å². The second-order valence-corrected chi connectivity index (χ2v) is 5.76. The first kappa shape index (κ1) is 14.8. The molecule has 0 aromatic rings. The van der Waals surface area contributed by atoms with E-state index in [0.717, 1.165) is 45.7 Å². The Morgan fingerprint density at radius 2 is 1.74 bits per heavy atom. The summed E-state index contributed by atoms with van der Waals surface area (Å²) in [6.45, 7) is 9.29. The zero-order valence-electron chi connectivity index (χ0n) is 12.0.